The van der Waals surface area contributed by atoms with Crippen LogP contribution >= 0.6 is 11.6 Å². The van der Waals surface area contributed by atoms with Crippen molar-refractivity contribution in [3.8, 4) is 0 Å². The molecular weight excluding hydrogens is 202 g/mol. The molecule has 0 saturated carbocycles. The molecule has 0 bridgehead atoms. The van der Waals surface area contributed by atoms with E-state index in [2.05, 4.69) is 0 Å². The van der Waals surface area contributed by atoms with Crippen LogP contribution in [0.15, 0.2) is 24.3 Å². The number of imide groups is 1. The molecule has 2 rings (SSSR count). The van der Waals surface area contributed by atoms with Crippen molar-refractivity contribution in [2.24, 2.45) is 0 Å². The van der Waals surface area contributed by atoms with Crippen LogP contribution in [0.1, 0.15) is 26.2 Å². The van der Waals surface area contributed by atoms with Gasteiger partial charge in [0.15, 0.2) is 0 Å². The van der Waals surface area contributed by atoms with E-state index in [-0.39, 0.29) is 16.0 Å². The lowest BCUT2D eigenvalue weighted by atomic mass is 10.1. The number of halogens is 1. The number of fused-ring (bicyclic) bond motifs is 1. The Morgan fingerprint density at radius 1 is 1.21 bits per heavy atom. The molecule has 4 heteroatoms. The molecule has 3 nitrogen and oxygen atoms in total. The number of hydrogen-bond donors (Lipinski definition) is 0. The number of benzene rings is 1. The summed E-state index contributed by atoms with van der Waals surface area (Å²) in [4.78, 5) is 24.1. The van der Waals surface area contributed by atoms with E-state index in [1.54, 1.807) is 12.1 Å². The first-order chi connectivity index (χ1) is 8.18. The molecule has 0 radical (unpaired) electrons. The minimum Gasteiger partial charge on any atom is -0.273 e. The van der Waals surface area contributed by atoms with Gasteiger partial charge in [0.2, 0.25) is 0 Å². The molecule has 0 aliphatic carbocycles. The maximum absolute atomic E-state index is 11.9. The van der Waals surface area contributed by atoms with E-state index < -0.39 is 24.1 Å². The van der Waals surface area contributed by atoms with Crippen molar-refractivity contribution in [1.82, 2.24) is 4.90 Å². The summed E-state index contributed by atoms with van der Waals surface area (Å²) in [5.41, 5.74) is 0.0968. The molecule has 1 aliphatic heterocycles. The Kier molecular flexibility index (Phi) is 1.35. The second kappa shape index (κ2) is 3.42. The van der Waals surface area contributed by atoms with Crippen LogP contribution in [-0.4, -0.2) is 29.0 Å². The maximum Gasteiger partial charge on any atom is 0.261 e. The molecule has 1 heterocycles. The van der Waals surface area contributed by atoms with Crippen molar-refractivity contribution in [3.05, 3.63) is 35.4 Å². The fraction of sp³-hybridized carbons (Fsp3) is 0.200. The SMILES string of the molecule is [2H]C([2H])(Cl)C([2H])([2H])N1C(=O)c2ccccc2C1=O. The van der Waals surface area contributed by atoms with Gasteiger partial charge in [-0.3, -0.25) is 14.5 Å². The summed E-state index contributed by atoms with van der Waals surface area (Å²) in [6.45, 7) is -2.93. The first kappa shape index (κ1) is 5.51. The highest BCUT2D eigenvalue weighted by atomic mass is 35.5. The Hall–Kier alpha value is -1.35. The van der Waals surface area contributed by atoms with Crippen LogP contribution in [0.5, 0.6) is 0 Å². The molecule has 1 aromatic rings. The van der Waals surface area contributed by atoms with E-state index in [0.29, 0.717) is 0 Å². The zero-order chi connectivity index (χ0) is 13.7. The Labute approximate surface area is 91.9 Å². The van der Waals surface area contributed by atoms with Gasteiger partial charge < -0.3 is 0 Å². The lowest BCUT2D eigenvalue weighted by Crippen LogP contribution is -2.31. The normalized spacial score (nSPS) is 21.1. The van der Waals surface area contributed by atoms with Crippen molar-refractivity contribution < 1.29 is 15.1 Å². The summed E-state index contributed by atoms with van der Waals surface area (Å²) < 4.78 is 29.5. The van der Waals surface area contributed by atoms with Crippen molar-refractivity contribution >= 4 is 23.4 Å². The second-order valence-electron chi connectivity index (χ2n) is 2.70. The topological polar surface area (TPSA) is 37.4 Å². The van der Waals surface area contributed by atoms with Crippen LogP contribution in [0, 0.1) is 0 Å². The molecule has 0 N–H and O–H groups in total. The van der Waals surface area contributed by atoms with Gasteiger partial charge >= 0.3 is 0 Å². The molecular formula is C10H8ClNO2. The Bertz CT molecular complexity index is 506. The summed E-state index contributed by atoms with van der Waals surface area (Å²) in [6, 6.07) is 5.85. The van der Waals surface area contributed by atoms with E-state index in [9.17, 15) is 9.59 Å². The summed E-state index contributed by atoms with van der Waals surface area (Å²) >= 11 is 5.29. The van der Waals surface area contributed by atoms with E-state index >= 15 is 0 Å². The predicted molar refractivity (Wildman–Crippen MR) is 52.5 cm³/mol. The highest BCUT2D eigenvalue weighted by molar-refractivity contribution is 6.22. The van der Waals surface area contributed by atoms with Crippen LogP contribution in [0.25, 0.3) is 0 Å². The summed E-state index contributed by atoms with van der Waals surface area (Å²) in [6.07, 6.45) is 0. The van der Waals surface area contributed by atoms with E-state index in [1.807, 2.05) is 0 Å². The average molecular weight is 214 g/mol. The zero-order valence-electron chi connectivity index (χ0n) is 11.0. The molecule has 0 unspecified atom stereocenters. The predicted octanol–water partition coefficient (Wildman–Crippen LogP) is 1.52. The molecule has 2 amide bonds. The number of hydrogen-bond acceptors (Lipinski definition) is 2. The maximum atomic E-state index is 11.9. The number of nitrogens with zero attached hydrogens (tertiary/aromatic N) is 1. The largest absolute Gasteiger partial charge is 0.273 e. The Balaban J connectivity index is 2.53. The third-order valence-electron chi connectivity index (χ3n) is 1.95. The third-order valence-corrected chi connectivity index (χ3v) is 2.03. The third kappa shape index (κ3) is 1.21. The van der Waals surface area contributed by atoms with Gasteiger partial charge in [-0.2, -0.15) is 0 Å². The quantitative estimate of drug-likeness (QED) is 0.552. The first-order valence-electron chi connectivity index (χ1n) is 5.85. The molecule has 0 aromatic heterocycles. The van der Waals surface area contributed by atoms with Gasteiger partial charge in [-0.1, -0.05) is 12.1 Å². The Morgan fingerprint density at radius 3 is 2.14 bits per heavy atom. The number of alkyl halides is 1. The van der Waals surface area contributed by atoms with Gasteiger partial charge in [-0.25, -0.2) is 0 Å². The van der Waals surface area contributed by atoms with Crippen LogP contribution < -0.4 is 0 Å². The van der Waals surface area contributed by atoms with E-state index in [1.165, 1.54) is 12.1 Å². The monoisotopic (exact) mass is 213 g/mol. The molecule has 14 heavy (non-hydrogen) atoms. The lowest BCUT2D eigenvalue weighted by molar-refractivity contribution is 0.0664. The number of rotatable bonds is 2. The average Bonchev–Trinajstić information content (AvgIpc) is 2.51. The van der Waals surface area contributed by atoms with Gasteiger partial charge in [-0.05, 0) is 12.1 Å². The van der Waals surface area contributed by atoms with Crippen LogP contribution in [0.4, 0.5) is 0 Å². The standard InChI is InChI=1S/C10H8ClNO2/c11-5-6-12-9(13)7-3-1-2-4-8(7)10(12)14/h1-4H,5-6H2/i5D2,6D2. The fourth-order valence-electron chi connectivity index (χ4n) is 1.33. The van der Waals surface area contributed by atoms with Crippen molar-refractivity contribution in [3.63, 3.8) is 0 Å². The summed E-state index contributed by atoms with van der Waals surface area (Å²) in [5, 5.41) is 0. The number of carbonyl (C=O) groups is 2. The fourth-order valence-corrected chi connectivity index (χ4v) is 1.42. The molecule has 0 saturated heterocycles. The van der Waals surface area contributed by atoms with Crippen LogP contribution in [0.3, 0.4) is 0 Å². The summed E-state index contributed by atoms with van der Waals surface area (Å²) in [5.74, 6) is -4.64. The highest BCUT2D eigenvalue weighted by Crippen LogP contribution is 2.21. The first-order valence-corrected chi connectivity index (χ1v) is 4.22. The van der Waals surface area contributed by atoms with Crippen molar-refractivity contribution in [1.29, 1.82) is 0 Å². The van der Waals surface area contributed by atoms with Crippen molar-refractivity contribution in [2.45, 2.75) is 0 Å². The van der Waals surface area contributed by atoms with Gasteiger partial charge in [0.1, 0.15) is 0 Å². The molecule has 0 atom stereocenters. The molecule has 72 valence electrons. The van der Waals surface area contributed by atoms with Gasteiger partial charge in [0.25, 0.3) is 11.8 Å². The summed E-state index contributed by atoms with van der Waals surface area (Å²) in [7, 11) is 0. The van der Waals surface area contributed by atoms with Crippen LogP contribution in [0.2, 0.25) is 0 Å². The van der Waals surface area contributed by atoms with Crippen molar-refractivity contribution in [2.75, 3.05) is 12.3 Å². The van der Waals surface area contributed by atoms with E-state index in [0.717, 1.165) is 0 Å². The highest BCUT2D eigenvalue weighted by Gasteiger charge is 2.34. The van der Waals surface area contributed by atoms with Gasteiger partial charge in [-0.15, -0.1) is 11.6 Å². The Morgan fingerprint density at radius 2 is 1.71 bits per heavy atom. The lowest BCUT2D eigenvalue weighted by Gasteiger charge is -2.10. The second-order valence-corrected chi connectivity index (χ2v) is 2.89. The minimum absolute atomic E-state index is 0.0484. The molecule has 0 spiro atoms. The molecule has 0 fully saturated rings. The smallest absolute Gasteiger partial charge is 0.261 e. The zero-order valence-corrected chi connectivity index (χ0v) is 7.71. The van der Waals surface area contributed by atoms with E-state index in [4.69, 9.17) is 17.1 Å². The number of carbonyl (C=O) groups excluding carboxylic acids is 2. The minimum atomic E-state index is -2.93. The van der Waals surface area contributed by atoms with Crippen LogP contribution in [-0.2, 0) is 0 Å². The number of amides is 2. The molecule has 1 aliphatic rings. The van der Waals surface area contributed by atoms with Gasteiger partial charge in [0.05, 0.1) is 13.9 Å². The molecule has 1 aromatic carbocycles. The van der Waals surface area contributed by atoms with Gasteiger partial charge in [0, 0.05) is 15.1 Å².